The number of furan rings is 1. The average molecular weight is 338 g/mol. The van der Waals surface area contributed by atoms with Crippen molar-refractivity contribution < 1.29 is 23.5 Å². The highest BCUT2D eigenvalue weighted by Crippen LogP contribution is 2.33. The minimum Gasteiger partial charge on any atom is -0.454 e. The number of para-hydroxylation sites is 1. The summed E-state index contributed by atoms with van der Waals surface area (Å²) in [6.07, 6.45) is 0.106. The molecule has 0 saturated carbocycles. The third-order valence-corrected chi connectivity index (χ3v) is 3.89. The Morgan fingerprint density at radius 1 is 1.08 bits per heavy atom. The van der Waals surface area contributed by atoms with Gasteiger partial charge in [-0.25, -0.2) is 0 Å². The van der Waals surface area contributed by atoms with Gasteiger partial charge >= 0.3 is 0 Å². The molecule has 1 aliphatic rings. The number of amides is 2. The molecule has 0 radical (unpaired) electrons. The van der Waals surface area contributed by atoms with Gasteiger partial charge < -0.3 is 24.9 Å². The highest BCUT2D eigenvalue weighted by molar-refractivity contribution is 6.10. The Balaban J connectivity index is 1.59. The second kappa shape index (κ2) is 5.86. The largest absolute Gasteiger partial charge is 0.454 e. The minimum absolute atomic E-state index is 0.0692. The monoisotopic (exact) mass is 338 g/mol. The minimum atomic E-state index is -0.741. The van der Waals surface area contributed by atoms with E-state index in [0.29, 0.717) is 22.5 Å². The molecule has 3 N–H and O–H groups in total. The molecular weight excluding hydrogens is 324 g/mol. The van der Waals surface area contributed by atoms with Crippen LogP contribution in [-0.2, 0) is 11.2 Å². The molecule has 4 rings (SSSR count). The Labute approximate surface area is 142 Å². The van der Waals surface area contributed by atoms with Gasteiger partial charge in [0, 0.05) is 5.39 Å². The molecule has 2 heterocycles. The maximum absolute atomic E-state index is 12.4. The maximum Gasteiger partial charge on any atom is 0.286 e. The topological polar surface area (TPSA) is 104 Å². The highest BCUT2D eigenvalue weighted by atomic mass is 16.7. The van der Waals surface area contributed by atoms with Crippen LogP contribution in [0, 0.1) is 0 Å². The van der Waals surface area contributed by atoms with E-state index >= 15 is 0 Å². The van der Waals surface area contributed by atoms with Gasteiger partial charge in [-0.05, 0) is 29.8 Å². The molecule has 0 spiro atoms. The number of hydrogen-bond donors (Lipinski definition) is 2. The van der Waals surface area contributed by atoms with E-state index in [-0.39, 0.29) is 30.6 Å². The lowest BCUT2D eigenvalue weighted by Gasteiger charge is -2.06. The lowest BCUT2D eigenvalue weighted by atomic mass is 10.1. The number of primary amides is 1. The van der Waals surface area contributed by atoms with Gasteiger partial charge in [0.25, 0.3) is 5.91 Å². The van der Waals surface area contributed by atoms with Crippen molar-refractivity contribution in [1.82, 2.24) is 0 Å². The normalized spacial score (nSPS) is 12.3. The van der Waals surface area contributed by atoms with Gasteiger partial charge in [-0.1, -0.05) is 18.2 Å². The van der Waals surface area contributed by atoms with Crippen molar-refractivity contribution in [3.8, 4) is 11.5 Å². The molecule has 1 aliphatic heterocycles. The molecule has 0 bridgehead atoms. The van der Waals surface area contributed by atoms with Crippen molar-refractivity contribution in [1.29, 1.82) is 0 Å². The number of anilines is 1. The first-order valence-electron chi connectivity index (χ1n) is 7.61. The highest BCUT2D eigenvalue weighted by Gasteiger charge is 2.21. The van der Waals surface area contributed by atoms with Gasteiger partial charge in [0.1, 0.15) is 11.3 Å². The summed E-state index contributed by atoms with van der Waals surface area (Å²) in [5, 5.41) is 3.35. The second-order valence-corrected chi connectivity index (χ2v) is 5.58. The smallest absolute Gasteiger partial charge is 0.286 e. The quantitative estimate of drug-likeness (QED) is 0.760. The van der Waals surface area contributed by atoms with Crippen LogP contribution in [0.1, 0.15) is 16.1 Å². The van der Waals surface area contributed by atoms with Crippen molar-refractivity contribution in [2.75, 3.05) is 12.1 Å². The second-order valence-electron chi connectivity index (χ2n) is 5.58. The number of rotatable bonds is 4. The third-order valence-electron chi connectivity index (χ3n) is 3.89. The van der Waals surface area contributed by atoms with Gasteiger partial charge in [-0.2, -0.15) is 0 Å². The zero-order valence-corrected chi connectivity index (χ0v) is 13.1. The molecule has 25 heavy (non-hydrogen) atoms. The van der Waals surface area contributed by atoms with Crippen LogP contribution in [0.5, 0.6) is 11.5 Å². The SMILES string of the molecule is NC(=O)c1oc2ccccc2c1NC(=O)Cc1ccc2c(c1)OCO2. The Morgan fingerprint density at radius 2 is 1.88 bits per heavy atom. The summed E-state index contributed by atoms with van der Waals surface area (Å²) in [5.41, 5.74) is 6.88. The Morgan fingerprint density at radius 3 is 2.72 bits per heavy atom. The number of nitrogens with two attached hydrogens (primary N) is 1. The van der Waals surface area contributed by atoms with E-state index in [0.717, 1.165) is 5.56 Å². The van der Waals surface area contributed by atoms with Crippen molar-refractivity contribution >= 4 is 28.5 Å². The van der Waals surface area contributed by atoms with Crippen LogP contribution < -0.4 is 20.5 Å². The molecule has 2 amide bonds. The summed E-state index contributed by atoms with van der Waals surface area (Å²) in [6, 6.07) is 12.3. The van der Waals surface area contributed by atoms with Crippen molar-refractivity contribution in [3.05, 3.63) is 53.8 Å². The van der Waals surface area contributed by atoms with E-state index in [4.69, 9.17) is 19.6 Å². The third kappa shape index (κ3) is 2.76. The first-order valence-corrected chi connectivity index (χ1v) is 7.61. The summed E-state index contributed by atoms with van der Waals surface area (Å²) in [6.45, 7) is 0.175. The van der Waals surface area contributed by atoms with Crippen LogP contribution in [0.15, 0.2) is 46.9 Å². The van der Waals surface area contributed by atoms with E-state index in [1.165, 1.54) is 0 Å². The van der Waals surface area contributed by atoms with Crippen LogP contribution in [0.2, 0.25) is 0 Å². The van der Waals surface area contributed by atoms with Gasteiger partial charge in [-0.15, -0.1) is 0 Å². The summed E-state index contributed by atoms with van der Waals surface area (Å²) in [4.78, 5) is 24.0. The van der Waals surface area contributed by atoms with Crippen molar-refractivity contribution in [2.45, 2.75) is 6.42 Å². The molecule has 0 fully saturated rings. The number of nitrogens with one attached hydrogen (secondary N) is 1. The van der Waals surface area contributed by atoms with Crippen LogP contribution >= 0.6 is 0 Å². The number of benzene rings is 2. The Kier molecular flexibility index (Phi) is 3.53. The number of fused-ring (bicyclic) bond motifs is 2. The number of hydrogen-bond acceptors (Lipinski definition) is 5. The lowest BCUT2D eigenvalue weighted by Crippen LogP contribution is -2.18. The molecule has 0 unspecified atom stereocenters. The van der Waals surface area contributed by atoms with E-state index in [1.54, 1.807) is 42.5 Å². The molecule has 1 aromatic heterocycles. The predicted molar refractivity (Wildman–Crippen MR) is 89.6 cm³/mol. The summed E-state index contributed by atoms with van der Waals surface area (Å²) in [5.74, 6) is 0.153. The molecule has 126 valence electrons. The predicted octanol–water partition coefficient (Wildman–Crippen LogP) is 2.44. The Hall–Kier alpha value is -3.48. The van der Waals surface area contributed by atoms with Crippen LogP contribution in [0.25, 0.3) is 11.0 Å². The maximum atomic E-state index is 12.4. The van der Waals surface area contributed by atoms with Crippen LogP contribution in [0.4, 0.5) is 5.69 Å². The fourth-order valence-electron chi connectivity index (χ4n) is 2.76. The summed E-state index contributed by atoms with van der Waals surface area (Å²) < 4.78 is 16.0. The van der Waals surface area contributed by atoms with E-state index in [9.17, 15) is 9.59 Å². The van der Waals surface area contributed by atoms with Gasteiger partial charge in [0.05, 0.1) is 6.42 Å². The molecule has 0 atom stereocenters. The van der Waals surface area contributed by atoms with Crippen LogP contribution in [-0.4, -0.2) is 18.6 Å². The fourth-order valence-corrected chi connectivity index (χ4v) is 2.76. The first-order chi connectivity index (χ1) is 12.1. The summed E-state index contributed by atoms with van der Waals surface area (Å²) in [7, 11) is 0. The van der Waals surface area contributed by atoms with Gasteiger partial charge in [0.15, 0.2) is 11.5 Å². The molecule has 2 aromatic carbocycles. The summed E-state index contributed by atoms with van der Waals surface area (Å²) >= 11 is 0. The zero-order chi connectivity index (χ0) is 17.4. The number of carbonyl (C=O) groups is 2. The first kappa shape index (κ1) is 15.1. The van der Waals surface area contributed by atoms with Crippen molar-refractivity contribution in [2.24, 2.45) is 5.73 Å². The lowest BCUT2D eigenvalue weighted by molar-refractivity contribution is -0.115. The zero-order valence-electron chi connectivity index (χ0n) is 13.1. The molecule has 7 heteroatoms. The molecule has 3 aromatic rings. The fraction of sp³-hybridized carbons (Fsp3) is 0.111. The van der Waals surface area contributed by atoms with Crippen LogP contribution in [0.3, 0.4) is 0 Å². The van der Waals surface area contributed by atoms with E-state index < -0.39 is 5.91 Å². The Bertz CT molecular complexity index is 992. The number of carbonyl (C=O) groups excluding carboxylic acids is 2. The van der Waals surface area contributed by atoms with Crippen molar-refractivity contribution in [3.63, 3.8) is 0 Å². The molecule has 0 saturated heterocycles. The number of ether oxygens (including phenoxy) is 2. The average Bonchev–Trinajstić information content (AvgIpc) is 3.19. The molecule has 7 nitrogen and oxygen atoms in total. The molecular formula is C18H14N2O5. The van der Waals surface area contributed by atoms with Gasteiger partial charge in [-0.3, -0.25) is 9.59 Å². The van der Waals surface area contributed by atoms with E-state index in [1.807, 2.05) is 0 Å². The van der Waals surface area contributed by atoms with E-state index in [2.05, 4.69) is 5.32 Å². The molecule has 0 aliphatic carbocycles. The van der Waals surface area contributed by atoms with Gasteiger partial charge in [0.2, 0.25) is 18.5 Å². The standard InChI is InChI=1S/C18H14N2O5/c19-18(22)17-16(11-3-1-2-4-12(11)25-17)20-15(21)8-10-5-6-13-14(7-10)24-9-23-13/h1-7H,8-9H2,(H2,19,22)(H,20,21).